The van der Waals surface area contributed by atoms with Crippen molar-refractivity contribution < 1.29 is 23.8 Å². The molecule has 178 valence electrons. The molecule has 3 rings (SSSR count). The van der Waals surface area contributed by atoms with Gasteiger partial charge in [0.2, 0.25) is 0 Å². The maximum absolute atomic E-state index is 12.8. The molecule has 0 aliphatic heterocycles. The van der Waals surface area contributed by atoms with Crippen molar-refractivity contribution in [3.8, 4) is 28.4 Å². The minimum absolute atomic E-state index is 0.0949. The first-order chi connectivity index (χ1) is 16.3. The van der Waals surface area contributed by atoms with E-state index in [4.69, 9.17) is 14.2 Å². The molecule has 0 saturated carbocycles. The molecule has 2 amide bonds. The average molecular weight is 463 g/mol. The van der Waals surface area contributed by atoms with Crippen molar-refractivity contribution in [3.05, 3.63) is 65.2 Å². The van der Waals surface area contributed by atoms with Gasteiger partial charge in [-0.05, 0) is 61.2 Å². The molecule has 0 radical (unpaired) electrons. The summed E-state index contributed by atoms with van der Waals surface area (Å²) in [6, 6.07) is 14.4. The third-order valence-corrected chi connectivity index (χ3v) is 5.59. The standard InChI is InChI=1S/C27H30N2O5/c1-7-18-9-8-16(2)23(12-18)29-27(31)28-20-14-22(26(34-6)25(15-20)33-5)19-10-11-21(17(3)30)24(13-19)32-4/h8-15H,7H2,1-6H3,(H2,28,29,31). The Morgan fingerprint density at radius 3 is 2.21 bits per heavy atom. The summed E-state index contributed by atoms with van der Waals surface area (Å²) in [7, 11) is 4.59. The highest BCUT2D eigenvalue weighted by Gasteiger charge is 2.18. The van der Waals surface area contributed by atoms with E-state index in [0.29, 0.717) is 34.1 Å². The first kappa shape index (κ1) is 24.6. The zero-order valence-electron chi connectivity index (χ0n) is 20.4. The van der Waals surface area contributed by atoms with Crippen LogP contribution >= 0.6 is 0 Å². The third kappa shape index (κ3) is 5.31. The van der Waals surface area contributed by atoms with Gasteiger partial charge in [-0.3, -0.25) is 4.79 Å². The zero-order chi connectivity index (χ0) is 24.8. The van der Waals surface area contributed by atoms with Gasteiger partial charge in [0, 0.05) is 23.0 Å². The van der Waals surface area contributed by atoms with E-state index in [0.717, 1.165) is 28.8 Å². The van der Waals surface area contributed by atoms with Crippen LogP contribution in [0.3, 0.4) is 0 Å². The van der Waals surface area contributed by atoms with Gasteiger partial charge in [-0.2, -0.15) is 0 Å². The van der Waals surface area contributed by atoms with Crippen LogP contribution in [0.15, 0.2) is 48.5 Å². The number of anilines is 2. The number of carbonyl (C=O) groups is 2. The number of nitrogens with one attached hydrogen (secondary N) is 2. The molecule has 7 nitrogen and oxygen atoms in total. The Morgan fingerprint density at radius 2 is 1.59 bits per heavy atom. The Bertz CT molecular complexity index is 1220. The molecule has 0 atom stereocenters. The quantitative estimate of drug-likeness (QED) is 0.395. The molecule has 0 aliphatic rings. The van der Waals surface area contributed by atoms with Crippen molar-refractivity contribution >= 4 is 23.2 Å². The van der Waals surface area contributed by atoms with Crippen molar-refractivity contribution in [1.29, 1.82) is 0 Å². The van der Waals surface area contributed by atoms with E-state index >= 15 is 0 Å². The monoisotopic (exact) mass is 462 g/mol. The van der Waals surface area contributed by atoms with Gasteiger partial charge in [0.05, 0.1) is 26.9 Å². The van der Waals surface area contributed by atoms with Gasteiger partial charge in [-0.25, -0.2) is 4.79 Å². The van der Waals surface area contributed by atoms with Crippen LogP contribution < -0.4 is 24.8 Å². The Balaban J connectivity index is 1.98. The Hall–Kier alpha value is -4.00. The second-order valence-electron chi connectivity index (χ2n) is 7.81. The largest absolute Gasteiger partial charge is 0.496 e. The maximum Gasteiger partial charge on any atom is 0.323 e. The third-order valence-electron chi connectivity index (χ3n) is 5.59. The van der Waals surface area contributed by atoms with Gasteiger partial charge in [-0.15, -0.1) is 0 Å². The highest BCUT2D eigenvalue weighted by atomic mass is 16.5. The molecule has 0 fully saturated rings. The second kappa shape index (κ2) is 10.7. The Morgan fingerprint density at radius 1 is 0.853 bits per heavy atom. The molecular formula is C27H30N2O5. The maximum atomic E-state index is 12.8. The lowest BCUT2D eigenvalue weighted by Gasteiger charge is -2.17. The van der Waals surface area contributed by atoms with Gasteiger partial charge >= 0.3 is 6.03 Å². The molecule has 3 aromatic rings. The summed E-state index contributed by atoms with van der Waals surface area (Å²) in [6.45, 7) is 5.50. The van der Waals surface area contributed by atoms with Crippen LogP contribution in [-0.2, 0) is 6.42 Å². The number of benzene rings is 3. The van der Waals surface area contributed by atoms with E-state index in [1.807, 2.05) is 25.1 Å². The summed E-state index contributed by atoms with van der Waals surface area (Å²) in [6.07, 6.45) is 0.876. The number of rotatable bonds is 8. The van der Waals surface area contributed by atoms with Crippen molar-refractivity contribution in [2.24, 2.45) is 0 Å². The number of aryl methyl sites for hydroxylation is 2. The number of ketones is 1. The number of urea groups is 1. The molecule has 0 unspecified atom stereocenters. The molecule has 0 heterocycles. The Kier molecular flexibility index (Phi) is 7.79. The van der Waals surface area contributed by atoms with Crippen LogP contribution in [0.25, 0.3) is 11.1 Å². The molecular weight excluding hydrogens is 432 g/mol. The SMILES string of the molecule is CCc1ccc(C)c(NC(=O)Nc2cc(OC)c(OC)c(-c3ccc(C(C)=O)c(OC)c3)c2)c1. The minimum Gasteiger partial charge on any atom is -0.496 e. The van der Waals surface area contributed by atoms with Crippen LogP contribution in [0.2, 0.25) is 0 Å². The molecule has 0 aliphatic carbocycles. The van der Waals surface area contributed by atoms with Crippen molar-refractivity contribution in [1.82, 2.24) is 0 Å². The van der Waals surface area contributed by atoms with E-state index in [1.54, 1.807) is 37.4 Å². The van der Waals surface area contributed by atoms with E-state index < -0.39 is 0 Å². The van der Waals surface area contributed by atoms with Crippen LogP contribution in [-0.4, -0.2) is 33.1 Å². The average Bonchev–Trinajstić information content (AvgIpc) is 2.84. The molecule has 34 heavy (non-hydrogen) atoms. The molecule has 7 heteroatoms. The van der Waals surface area contributed by atoms with E-state index in [2.05, 4.69) is 17.6 Å². The van der Waals surface area contributed by atoms with Crippen LogP contribution in [0, 0.1) is 6.92 Å². The first-order valence-electron chi connectivity index (χ1n) is 10.9. The lowest BCUT2D eigenvalue weighted by molar-refractivity contribution is 0.101. The van der Waals surface area contributed by atoms with Crippen molar-refractivity contribution in [2.45, 2.75) is 27.2 Å². The van der Waals surface area contributed by atoms with Crippen molar-refractivity contribution in [3.63, 3.8) is 0 Å². The van der Waals surface area contributed by atoms with E-state index in [9.17, 15) is 9.59 Å². The minimum atomic E-state index is -0.376. The number of methoxy groups -OCH3 is 3. The number of ether oxygens (including phenoxy) is 3. The number of amides is 2. The van der Waals surface area contributed by atoms with E-state index in [1.165, 1.54) is 21.1 Å². The fourth-order valence-electron chi connectivity index (χ4n) is 3.71. The summed E-state index contributed by atoms with van der Waals surface area (Å²) in [4.78, 5) is 24.7. The molecule has 0 aromatic heterocycles. The van der Waals surface area contributed by atoms with E-state index in [-0.39, 0.29) is 11.8 Å². The highest BCUT2D eigenvalue weighted by Crippen LogP contribution is 2.42. The lowest BCUT2D eigenvalue weighted by atomic mass is 9.99. The molecule has 0 saturated heterocycles. The van der Waals surface area contributed by atoms with Crippen LogP contribution in [0.5, 0.6) is 17.2 Å². The Labute approximate surface area is 200 Å². The summed E-state index contributed by atoms with van der Waals surface area (Å²) in [5, 5.41) is 5.80. The molecule has 0 bridgehead atoms. The predicted molar refractivity (Wildman–Crippen MR) is 135 cm³/mol. The van der Waals surface area contributed by atoms with Crippen molar-refractivity contribution in [2.75, 3.05) is 32.0 Å². The summed E-state index contributed by atoms with van der Waals surface area (Å²) < 4.78 is 16.6. The molecule has 3 aromatic carbocycles. The summed E-state index contributed by atoms with van der Waals surface area (Å²) in [5.74, 6) is 1.31. The predicted octanol–water partition coefficient (Wildman–Crippen LogP) is 6.10. The zero-order valence-corrected chi connectivity index (χ0v) is 20.4. The van der Waals surface area contributed by atoms with Crippen LogP contribution in [0.4, 0.5) is 16.2 Å². The second-order valence-corrected chi connectivity index (χ2v) is 7.81. The number of carbonyl (C=O) groups excluding carboxylic acids is 2. The van der Waals surface area contributed by atoms with Gasteiger partial charge in [0.1, 0.15) is 5.75 Å². The highest BCUT2D eigenvalue weighted by molar-refractivity contribution is 6.01. The lowest BCUT2D eigenvalue weighted by Crippen LogP contribution is -2.20. The fraction of sp³-hybridized carbons (Fsp3) is 0.259. The number of hydrogen-bond donors (Lipinski definition) is 2. The van der Waals surface area contributed by atoms with Gasteiger partial charge in [0.25, 0.3) is 0 Å². The smallest absolute Gasteiger partial charge is 0.323 e. The fourth-order valence-corrected chi connectivity index (χ4v) is 3.71. The summed E-state index contributed by atoms with van der Waals surface area (Å²) >= 11 is 0. The molecule has 2 N–H and O–H groups in total. The van der Waals surface area contributed by atoms with Crippen LogP contribution in [0.1, 0.15) is 35.3 Å². The number of hydrogen-bond acceptors (Lipinski definition) is 5. The normalized spacial score (nSPS) is 10.4. The number of Topliss-reactive ketones (excluding diaryl/α,β-unsaturated/α-hetero) is 1. The molecule has 0 spiro atoms. The topological polar surface area (TPSA) is 85.9 Å². The first-order valence-corrected chi connectivity index (χ1v) is 10.9. The van der Waals surface area contributed by atoms with Gasteiger partial charge < -0.3 is 24.8 Å². The van der Waals surface area contributed by atoms with Gasteiger partial charge in [0.15, 0.2) is 17.3 Å². The summed E-state index contributed by atoms with van der Waals surface area (Å²) in [5.41, 5.74) is 5.28. The van der Waals surface area contributed by atoms with Gasteiger partial charge in [-0.1, -0.05) is 25.1 Å².